The van der Waals surface area contributed by atoms with Crippen molar-refractivity contribution in [1.82, 2.24) is 9.21 Å². The first kappa shape index (κ1) is 19.2. The number of sulfonamides is 1. The van der Waals surface area contributed by atoms with Crippen LogP contribution in [0, 0.1) is 6.92 Å². The van der Waals surface area contributed by atoms with Gasteiger partial charge in [-0.1, -0.05) is 0 Å². The van der Waals surface area contributed by atoms with Crippen molar-refractivity contribution in [3.05, 3.63) is 29.3 Å². The second-order valence-corrected chi connectivity index (χ2v) is 7.90. The molecule has 0 aliphatic carbocycles. The van der Waals surface area contributed by atoms with Gasteiger partial charge in [0, 0.05) is 31.9 Å². The lowest BCUT2D eigenvalue weighted by Gasteiger charge is -2.33. The van der Waals surface area contributed by atoms with Crippen molar-refractivity contribution < 1.29 is 22.7 Å². The van der Waals surface area contributed by atoms with E-state index >= 15 is 0 Å². The molecular formula is C16H23N3O5S. The Hall–Kier alpha value is -2.13. The number of hydrogen-bond acceptors (Lipinski definition) is 6. The van der Waals surface area contributed by atoms with Crippen molar-refractivity contribution in [2.24, 2.45) is 0 Å². The van der Waals surface area contributed by atoms with Crippen LogP contribution in [0.5, 0.6) is 0 Å². The standard InChI is InChI=1S/C16H23N3O5S/c1-12-10-13(16(21)24-2)4-5-14(12)17-11-15(20)18-6-8-19(9-7-18)25(3,22)23/h4-5,10,17H,6-9,11H2,1-3H3. The van der Waals surface area contributed by atoms with Crippen molar-refractivity contribution in [2.45, 2.75) is 6.92 Å². The molecule has 0 spiro atoms. The van der Waals surface area contributed by atoms with Crippen LogP contribution in [0.3, 0.4) is 0 Å². The Bertz CT molecular complexity index is 755. The summed E-state index contributed by atoms with van der Waals surface area (Å²) in [7, 11) is -1.88. The number of hydrogen-bond donors (Lipinski definition) is 1. The number of aryl methyl sites for hydroxylation is 1. The van der Waals surface area contributed by atoms with E-state index in [1.165, 1.54) is 17.7 Å². The first-order chi connectivity index (χ1) is 11.7. The number of carbonyl (C=O) groups is 2. The topological polar surface area (TPSA) is 96.0 Å². The molecule has 0 saturated carbocycles. The summed E-state index contributed by atoms with van der Waals surface area (Å²) < 4.78 is 29.0. The van der Waals surface area contributed by atoms with E-state index in [4.69, 9.17) is 0 Å². The molecule has 25 heavy (non-hydrogen) atoms. The summed E-state index contributed by atoms with van der Waals surface area (Å²) in [6.45, 7) is 3.35. The first-order valence-corrected chi connectivity index (χ1v) is 9.73. The predicted molar refractivity (Wildman–Crippen MR) is 94.0 cm³/mol. The number of anilines is 1. The highest BCUT2D eigenvalue weighted by atomic mass is 32.2. The van der Waals surface area contributed by atoms with Crippen LogP contribution in [0.25, 0.3) is 0 Å². The molecule has 1 N–H and O–H groups in total. The van der Waals surface area contributed by atoms with Crippen molar-refractivity contribution in [2.75, 3.05) is 51.4 Å². The molecule has 1 amide bonds. The van der Waals surface area contributed by atoms with Crippen LogP contribution in [0.15, 0.2) is 18.2 Å². The summed E-state index contributed by atoms with van der Waals surface area (Å²) in [6, 6.07) is 5.07. The Morgan fingerprint density at radius 3 is 2.36 bits per heavy atom. The van der Waals surface area contributed by atoms with Gasteiger partial charge in [-0.25, -0.2) is 13.2 Å². The fraction of sp³-hybridized carbons (Fsp3) is 0.500. The maximum atomic E-state index is 12.3. The zero-order valence-electron chi connectivity index (χ0n) is 14.6. The largest absolute Gasteiger partial charge is 0.465 e. The predicted octanol–water partition coefficient (Wildman–Crippen LogP) is 0.297. The van der Waals surface area contributed by atoms with E-state index < -0.39 is 16.0 Å². The monoisotopic (exact) mass is 369 g/mol. The van der Waals surface area contributed by atoms with Crippen molar-refractivity contribution in [3.8, 4) is 0 Å². The average Bonchev–Trinajstić information content (AvgIpc) is 2.59. The average molecular weight is 369 g/mol. The summed E-state index contributed by atoms with van der Waals surface area (Å²) in [4.78, 5) is 25.4. The number of piperazine rings is 1. The molecule has 9 heteroatoms. The van der Waals surface area contributed by atoms with Crippen LogP contribution < -0.4 is 5.32 Å². The van der Waals surface area contributed by atoms with E-state index in [1.807, 2.05) is 6.92 Å². The Labute approximate surface area is 147 Å². The zero-order chi connectivity index (χ0) is 18.6. The second kappa shape index (κ2) is 7.83. The molecule has 2 rings (SSSR count). The highest BCUT2D eigenvalue weighted by molar-refractivity contribution is 7.88. The van der Waals surface area contributed by atoms with Crippen molar-refractivity contribution >= 4 is 27.6 Å². The normalized spacial score (nSPS) is 15.7. The van der Waals surface area contributed by atoms with Crippen LogP contribution in [-0.4, -0.2) is 75.6 Å². The third-order valence-electron chi connectivity index (χ3n) is 4.14. The third kappa shape index (κ3) is 4.93. The Kier molecular flexibility index (Phi) is 6.02. The van der Waals surface area contributed by atoms with E-state index in [9.17, 15) is 18.0 Å². The van der Waals surface area contributed by atoms with Gasteiger partial charge in [0.2, 0.25) is 15.9 Å². The molecule has 1 aromatic carbocycles. The summed E-state index contributed by atoms with van der Waals surface area (Å²) in [6.07, 6.45) is 1.17. The van der Waals surface area contributed by atoms with Crippen LogP contribution in [0.1, 0.15) is 15.9 Å². The van der Waals surface area contributed by atoms with Gasteiger partial charge >= 0.3 is 5.97 Å². The molecule has 8 nitrogen and oxygen atoms in total. The number of ether oxygens (including phenoxy) is 1. The minimum atomic E-state index is -3.21. The molecule has 1 aliphatic heterocycles. The SMILES string of the molecule is COC(=O)c1ccc(NCC(=O)N2CCN(S(C)(=O)=O)CC2)c(C)c1. The Morgan fingerprint density at radius 2 is 1.84 bits per heavy atom. The number of amides is 1. The van der Waals surface area contributed by atoms with Crippen LogP contribution in [0.4, 0.5) is 5.69 Å². The molecule has 0 bridgehead atoms. The molecule has 1 fully saturated rings. The number of rotatable bonds is 5. The minimum absolute atomic E-state index is 0.0930. The van der Waals surface area contributed by atoms with Gasteiger partial charge in [0.05, 0.1) is 25.5 Å². The summed E-state index contributed by atoms with van der Waals surface area (Å²) in [5.41, 5.74) is 2.04. The van der Waals surface area contributed by atoms with Gasteiger partial charge in [-0.15, -0.1) is 0 Å². The summed E-state index contributed by atoms with van der Waals surface area (Å²) in [5, 5.41) is 3.06. The zero-order valence-corrected chi connectivity index (χ0v) is 15.4. The molecule has 0 unspecified atom stereocenters. The van der Waals surface area contributed by atoms with E-state index in [1.54, 1.807) is 23.1 Å². The lowest BCUT2D eigenvalue weighted by atomic mass is 10.1. The van der Waals surface area contributed by atoms with Gasteiger partial charge in [-0.05, 0) is 30.7 Å². The minimum Gasteiger partial charge on any atom is -0.465 e. The number of methoxy groups -OCH3 is 1. The van der Waals surface area contributed by atoms with Gasteiger partial charge in [0.1, 0.15) is 0 Å². The smallest absolute Gasteiger partial charge is 0.337 e. The number of nitrogens with zero attached hydrogens (tertiary/aromatic N) is 2. The molecule has 138 valence electrons. The number of nitrogens with one attached hydrogen (secondary N) is 1. The fourth-order valence-corrected chi connectivity index (χ4v) is 3.49. The quantitative estimate of drug-likeness (QED) is 0.750. The number of benzene rings is 1. The van der Waals surface area contributed by atoms with Crippen LogP contribution in [-0.2, 0) is 19.6 Å². The van der Waals surface area contributed by atoms with E-state index in [-0.39, 0.29) is 12.5 Å². The maximum absolute atomic E-state index is 12.3. The maximum Gasteiger partial charge on any atom is 0.337 e. The van der Waals surface area contributed by atoms with Crippen molar-refractivity contribution in [3.63, 3.8) is 0 Å². The van der Waals surface area contributed by atoms with Gasteiger partial charge in [-0.3, -0.25) is 4.79 Å². The lowest BCUT2D eigenvalue weighted by Crippen LogP contribution is -2.51. The first-order valence-electron chi connectivity index (χ1n) is 7.88. The molecule has 1 heterocycles. The van der Waals surface area contributed by atoms with Gasteiger partial charge in [-0.2, -0.15) is 4.31 Å². The summed E-state index contributed by atoms with van der Waals surface area (Å²) >= 11 is 0. The van der Waals surface area contributed by atoms with Crippen LogP contribution >= 0.6 is 0 Å². The molecule has 1 aliphatic rings. The molecule has 1 aromatic rings. The van der Waals surface area contributed by atoms with Gasteiger partial charge in [0.15, 0.2) is 0 Å². The Balaban J connectivity index is 1.89. The van der Waals surface area contributed by atoms with Gasteiger partial charge < -0.3 is 15.0 Å². The van der Waals surface area contributed by atoms with Crippen LogP contribution in [0.2, 0.25) is 0 Å². The lowest BCUT2D eigenvalue weighted by molar-refractivity contribution is -0.130. The van der Waals surface area contributed by atoms with E-state index in [0.29, 0.717) is 31.7 Å². The molecule has 1 saturated heterocycles. The highest BCUT2D eigenvalue weighted by Crippen LogP contribution is 2.17. The third-order valence-corrected chi connectivity index (χ3v) is 5.44. The molecular weight excluding hydrogens is 346 g/mol. The van der Waals surface area contributed by atoms with E-state index in [0.717, 1.165) is 11.3 Å². The molecule has 0 radical (unpaired) electrons. The fourth-order valence-electron chi connectivity index (χ4n) is 2.66. The second-order valence-electron chi connectivity index (χ2n) is 5.92. The summed E-state index contributed by atoms with van der Waals surface area (Å²) in [5.74, 6) is -0.501. The number of esters is 1. The van der Waals surface area contributed by atoms with Crippen molar-refractivity contribution in [1.29, 1.82) is 0 Å². The molecule has 0 atom stereocenters. The molecule has 0 aromatic heterocycles. The highest BCUT2D eigenvalue weighted by Gasteiger charge is 2.25. The Morgan fingerprint density at radius 1 is 1.20 bits per heavy atom. The van der Waals surface area contributed by atoms with Gasteiger partial charge in [0.25, 0.3) is 0 Å². The number of carbonyl (C=O) groups excluding carboxylic acids is 2. The van der Waals surface area contributed by atoms with E-state index in [2.05, 4.69) is 10.1 Å².